The first-order valence-corrected chi connectivity index (χ1v) is 12.7. The van der Waals surface area contributed by atoms with Crippen molar-refractivity contribution in [2.24, 2.45) is 34.5 Å². The van der Waals surface area contributed by atoms with E-state index >= 15 is 0 Å². The van der Waals surface area contributed by atoms with Crippen LogP contribution < -0.4 is 0 Å². The number of allylic oxidation sites excluding steroid dienone is 1. The van der Waals surface area contributed by atoms with E-state index in [0.29, 0.717) is 24.7 Å². The highest BCUT2D eigenvalue weighted by Gasteiger charge is 2.62. The zero-order chi connectivity index (χ0) is 25.0. The van der Waals surface area contributed by atoms with Crippen LogP contribution in [0.3, 0.4) is 0 Å². The van der Waals surface area contributed by atoms with E-state index < -0.39 is 12.1 Å². The zero-order valence-corrected chi connectivity index (χ0v) is 21.2. The number of carbonyl (C=O) groups is 3. The number of aliphatic hydroxyl groups excluding tert-OH is 1. The van der Waals surface area contributed by atoms with Crippen molar-refractivity contribution in [2.75, 3.05) is 12.5 Å². The predicted octanol–water partition coefficient (Wildman–Crippen LogP) is 4.73. The summed E-state index contributed by atoms with van der Waals surface area (Å²) in [4.78, 5) is 36.2. The minimum absolute atomic E-state index is 0.0509. The quantitative estimate of drug-likeness (QED) is 0.359. The topological polar surface area (TPSA) is 80.7 Å². The number of aliphatic hydroxyl groups is 1. The maximum Gasteiger partial charge on any atom is 0.321 e. The molecule has 0 heterocycles. The third-order valence-corrected chi connectivity index (χ3v) is 8.98. The smallest absolute Gasteiger partial charge is 0.321 e. The molecular weight excluding hydrogens is 440 g/mol. The van der Waals surface area contributed by atoms with Crippen LogP contribution in [0.15, 0.2) is 11.6 Å². The van der Waals surface area contributed by atoms with E-state index in [0.717, 1.165) is 32.1 Å². The number of hydrogen-bond acceptors (Lipinski definition) is 5. The molecule has 4 rings (SSSR count). The Balaban J connectivity index is 0.000000914. The fraction of sp³-hybridized carbons (Fsp3) is 0.741. The highest BCUT2D eigenvalue weighted by atomic mass is 35.5. The second-order valence-corrected chi connectivity index (χ2v) is 10.3. The average molecular weight is 479 g/mol. The van der Waals surface area contributed by atoms with Crippen molar-refractivity contribution in [2.45, 2.75) is 78.7 Å². The van der Waals surface area contributed by atoms with E-state index in [2.05, 4.69) is 26.7 Å². The van der Waals surface area contributed by atoms with Gasteiger partial charge in [-0.3, -0.25) is 14.4 Å². The Bertz CT molecular complexity index is 802. The molecular formula is C27H39ClO5. The standard InChI is InChI=1S/C23H31ClO5.C2H6.C2H2/c1-22-8-7-14(25)9-13(22)3-4-15-16-5-6-17(19(27)12-29-20(28)11-24)23(16,2)10-18(26)21(15)22;2*1-2/h9,15-18,21,26H,3-8,10-12H2,1-2H3;1-2H3;1-2H. The predicted molar refractivity (Wildman–Crippen MR) is 130 cm³/mol. The summed E-state index contributed by atoms with van der Waals surface area (Å²) in [6.07, 6.45) is 15.0. The number of Topliss-reactive ketones (excluding diaryl/α,β-unsaturated/α-hetero) is 1. The molecule has 4 aliphatic rings. The van der Waals surface area contributed by atoms with Crippen molar-refractivity contribution in [1.29, 1.82) is 0 Å². The molecule has 0 radical (unpaired) electrons. The minimum atomic E-state index is -0.574. The van der Waals surface area contributed by atoms with Crippen LogP contribution in [0.2, 0.25) is 0 Å². The molecule has 0 aromatic rings. The van der Waals surface area contributed by atoms with Gasteiger partial charge in [-0.15, -0.1) is 24.4 Å². The summed E-state index contributed by atoms with van der Waals surface area (Å²) >= 11 is 5.46. The van der Waals surface area contributed by atoms with Crippen LogP contribution in [0.1, 0.15) is 72.6 Å². The van der Waals surface area contributed by atoms with Crippen LogP contribution in [0.25, 0.3) is 0 Å². The van der Waals surface area contributed by atoms with Gasteiger partial charge in [0.15, 0.2) is 11.6 Å². The van der Waals surface area contributed by atoms with Crippen LogP contribution in [0.5, 0.6) is 0 Å². The summed E-state index contributed by atoms with van der Waals surface area (Å²) in [6, 6.07) is 0. The number of ketones is 2. The molecule has 3 fully saturated rings. The molecule has 1 N–H and O–H groups in total. The molecule has 0 spiro atoms. The Morgan fingerprint density at radius 2 is 1.85 bits per heavy atom. The Kier molecular flexibility index (Phi) is 9.36. The molecule has 0 aliphatic heterocycles. The Morgan fingerprint density at radius 1 is 1.18 bits per heavy atom. The fourth-order valence-corrected chi connectivity index (χ4v) is 7.58. The maximum absolute atomic E-state index is 12.9. The van der Waals surface area contributed by atoms with Gasteiger partial charge in [-0.25, -0.2) is 0 Å². The van der Waals surface area contributed by atoms with E-state index in [1.807, 2.05) is 19.9 Å². The molecule has 0 amide bonds. The number of hydrogen-bond donors (Lipinski definition) is 1. The molecule has 7 unspecified atom stereocenters. The van der Waals surface area contributed by atoms with Gasteiger partial charge in [-0.2, -0.15) is 0 Å². The molecule has 6 heteroatoms. The largest absolute Gasteiger partial charge is 0.457 e. The van der Waals surface area contributed by atoms with Crippen molar-refractivity contribution in [3.63, 3.8) is 0 Å². The van der Waals surface area contributed by atoms with Gasteiger partial charge in [-0.1, -0.05) is 33.3 Å². The van der Waals surface area contributed by atoms with E-state index in [-0.39, 0.29) is 46.7 Å². The second-order valence-electron chi connectivity index (χ2n) is 10.1. The van der Waals surface area contributed by atoms with Crippen molar-refractivity contribution in [1.82, 2.24) is 0 Å². The minimum Gasteiger partial charge on any atom is -0.457 e. The monoisotopic (exact) mass is 478 g/mol. The lowest BCUT2D eigenvalue weighted by atomic mass is 9.46. The van der Waals surface area contributed by atoms with Crippen LogP contribution >= 0.6 is 11.6 Å². The van der Waals surface area contributed by atoms with E-state index in [4.69, 9.17) is 16.3 Å². The SMILES string of the molecule is C#C.CC.CC12CCC(=O)C=C1CCC1C2C(O)CC2(C)C(C(=O)COC(=O)CCl)CCC12. The lowest BCUT2D eigenvalue weighted by Crippen LogP contribution is -2.57. The number of esters is 1. The third kappa shape index (κ3) is 4.93. The van der Waals surface area contributed by atoms with Gasteiger partial charge in [0, 0.05) is 12.3 Å². The first-order chi connectivity index (χ1) is 15.7. The molecule has 3 saturated carbocycles. The zero-order valence-electron chi connectivity index (χ0n) is 20.4. The van der Waals surface area contributed by atoms with E-state index in [1.54, 1.807) is 0 Å². The van der Waals surface area contributed by atoms with E-state index in [1.165, 1.54) is 5.57 Å². The van der Waals surface area contributed by atoms with Crippen LogP contribution in [0, 0.1) is 47.3 Å². The number of terminal acetylenes is 1. The number of rotatable bonds is 4. The van der Waals surface area contributed by atoms with Crippen LogP contribution in [-0.2, 0) is 19.1 Å². The van der Waals surface area contributed by atoms with Crippen LogP contribution in [-0.4, -0.2) is 41.2 Å². The Labute approximate surface area is 203 Å². The summed E-state index contributed by atoms with van der Waals surface area (Å²) in [6.45, 7) is 8.15. The van der Waals surface area contributed by atoms with Gasteiger partial charge in [0.1, 0.15) is 12.5 Å². The Morgan fingerprint density at radius 3 is 2.48 bits per heavy atom. The van der Waals surface area contributed by atoms with Gasteiger partial charge >= 0.3 is 5.97 Å². The number of carbonyl (C=O) groups excluding carboxylic acids is 3. The van der Waals surface area contributed by atoms with Crippen molar-refractivity contribution >= 4 is 29.1 Å². The number of fused-ring (bicyclic) bond motifs is 5. The highest BCUT2D eigenvalue weighted by molar-refractivity contribution is 6.26. The van der Waals surface area contributed by atoms with Gasteiger partial charge in [0.05, 0.1) is 6.10 Å². The normalized spacial score (nSPS) is 38.6. The summed E-state index contributed by atoms with van der Waals surface area (Å²) in [5.74, 6) is 0.0355. The lowest BCUT2D eigenvalue weighted by molar-refractivity contribution is -0.153. The lowest BCUT2D eigenvalue weighted by Gasteiger charge is -2.59. The summed E-state index contributed by atoms with van der Waals surface area (Å²) in [5, 5.41) is 11.3. The summed E-state index contributed by atoms with van der Waals surface area (Å²) in [7, 11) is 0. The second kappa shape index (κ2) is 11.2. The maximum atomic E-state index is 12.9. The molecule has 184 valence electrons. The Hall–Kier alpha value is -1.64. The molecule has 0 aromatic heterocycles. The first-order valence-electron chi connectivity index (χ1n) is 12.2. The molecule has 0 aromatic carbocycles. The van der Waals surface area contributed by atoms with Crippen molar-refractivity contribution in [3.8, 4) is 12.8 Å². The summed E-state index contributed by atoms with van der Waals surface area (Å²) in [5.41, 5.74) is 0.833. The molecule has 7 atom stereocenters. The molecule has 0 saturated heterocycles. The fourth-order valence-electron chi connectivity index (χ4n) is 7.51. The summed E-state index contributed by atoms with van der Waals surface area (Å²) < 4.78 is 5.00. The van der Waals surface area contributed by atoms with Crippen LogP contribution in [0.4, 0.5) is 0 Å². The van der Waals surface area contributed by atoms with Crippen molar-refractivity contribution < 1.29 is 24.2 Å². The number of ether oxygens (including phenoxy) is 1. The highest BCUT2D eigenvalue weighted by Crippen LogP contribution is 2.66. The van der Waals surface area contributed by atoms with Gasteiger partial charge in [-0.05, 0) is 73.2 Å². The molecule has 4 aliphatic carbocycles. The van der Waals surface area contributed by atoms with E-state index in [9.17, 15) is 19.5 Å². The van der Waals surface area contributed by atoms with Gasteiger partial charge < -0.3 is 9.84 Å². The molecule has 5 nitrogen and oxygen atoms in total. The number of halogens is 1. The van der Waals surface area contributed by atoms with Gasteiger partial charge in [0.2, 0.25) is 0 Å². The first kappa shape index (κ1) is 27.6. The van der Waals surface area contributed by atoms with Crippen molar-refractivity contribution in [3.05, 3.63) is 11.6 Å². The number of alkyl halides is 1. The van der Waals surface area contributed by atoms with Gasteiger partial charge in [0.25, 0.3) is 0 Å². The molecule has 0 bridgehead atoms. The third-order valence-electron chi connectivity index (χ3n) is 8.77. The molecule has 33 heavy (non-hydrogen) atoms. The average Bonchev–Trinajstić information content (AvgIpc) is 3.16.